The van der Waals surface area contributed by atoms with Gasteiger partial charge in [-0.2, -0.15) is 17.5 Å². The van der Waals surface area contributed by atoms with E-state index in [0.29, 0.717) is 19.3 Å². The largest absolute Gasteiger partial charge is 0.511 e. The molecular weight excluding hydrogens is 591 g/mol. The number of rotatable bonds is 8. The van der Waals surface area contributed by atoms with Gasteiger partial charge in [0.1, 0.15) is 4.90 Å². The topological polar surface area (TPSA) is 131 Å². The molecule has 0 aliphatic carbocycles. The zero-order valence-electron chi connectivity index (χ0n) is 20.0. The molecule has 1 aromatic heterocycles. The first-order valence-corrected chi connectivity index (χ1v) is 16.4. The number of hydrogen-bond acceptors (Lipinski definition) is 7. The van der Waals surface area contributed by atoms with Crippen LogP contribution in [0, 0.1) is 5.41 Å². The fourth-order valence-electron chi connectivity index (χ4n) is 5.32. The van der Waals surface area contributed by atoms with Gasteiger partial charge in [0, 0.05) is 29.8 Å². The highest BCUT2D eigenvalue weighted by Gasteiger charge is 2.54. The van der Waals surface area contributed by atoms with Crippen LogP contribution in [-0.4, -0.2) is 58.7 Å². The molecule has 0 saturated carbocycles. The van der Waals surface area contributed by atoms with Crippen LogP contribution in [0.1, 0.15) is 39.0 Å². The number of sulfone groups is 1. The van der Waals surface area contributed by atoms with Crippen LogP contribution in [0.3, 0.4) is 0 Å². The standard InChI is InChI=1S/C22H25ClF3N3O6S3/c1-2-21(14-28-38(34,35)22(24,25)26)12-16-7-8-17(13-21)29(16)37(32,33)18-9-6-15(23)11-19(18)36(30,31)20-5-3-4-10-27-20/h3-6,9-11,16-17,28H,2,7-8,12-14H2,1H3. The Morgan fingerprint density at radius 3 is 2.18 bits per heavy atom. The van der Waals surface area contributed by atoms with Gasteiger partial charge >= 0.3 is 15.5 Å². The number of aromatic nitrogens is 1. The van der Waals surface area contributed by atoms with Crippen LogP contribution in [0.4, 0.5) is 13.2 Å². The first kappa shape index (κ1) is 29.2. The molecule has 1 aromatic carbocycles. The lowest BCUT2D eigenvalue weighted by Crippen LogP contribution is -2.54. The van der Waals surface area contributed by atoms with E-state index in [1.807, 2.05) is 0 Å². The van der Waals surface area contributed by atoms with Crippen LogP contribution in [0.15, 0.2) is 57.4 Å². The van der Waals surface area contributed by atoms with Crippen molar-refractivity contribution in [2.75, 3.05) is 6.54 Å². The van der Waals surface area contributed by atoms with E-state index in [0.717, 1.165) is 12.1 Å². The van der Waals surface area contributed by atoms with E-state index < -0.39 is 69.2 Å². The van der Waals surface area contributed by atoms with Gasteiger partial charge in [-0.05, 0) is 67.9 Å². The summed E-state index contributed by atoms with van der Waals surface area (Å²) in [6.45, 7) is 1.22. The Kier molecular flexibility index (Phi) is 7.69. The number of alkyl halides is 3. The Bertz CT molecular complexity index is 1520. The number of halogens is 4. The Morgan fingerprint density at radius 2 is 1.66 bits per heavy atom. The number of sulfonamides is 2. The Hall–Kier alpha value is -1.78. The first-order chi connectivity index (χ1) is 17.5. The predicted molar refractivity (Wildman–Crippen MR) is 132 cm³/mol. The van der Waals surface area contributed by atoms with Crippen LogP contribution in [0.2, 0.25) is 5.02 Å². The number of fused-ring (bicyclic) bond motifs is 2. The van der Waals surface area contributed by atoms with E-state index >= 15 is 0 Å². The summed E-state index contributed by atoms with van der Waals surface area (Å²) >= 11 is 6.05. The summed E-state index contributed by atoms with van der Waals surface area (Å²) in [5.74, 6) is 0. The van der Waals surface area contributed by atoms with E-state index in [9.17, 15) is 38.4 Å². The molecule has 0 spiro atoms. The lowest BCUT2D eigenvalue weighted by Gasteiger charge is -2.45. The van der Waals surface area contributed by atoms with E-state index in [2.05, 4.69) is 4.98 Å². The van der Waals surface area contributed by atoms with Crippen LogP contribution in [0.5, 0.6) is 0 Å². The summed E-state index contributed by atoms with van der Waals surface area (Å²) in [6, 6.07) is 6.30. The van der Waals surface area contributed by atoms with Gasteiger partial charge in [-0.15, -0.1) is 0 Å². The van der Waals surface area contributed by atoms with E-state index in [4.69, 9.17) is 11.6 Å². The number of pyridine rings is 1. The second-order valence-corrected chi connectivity index (χ2v) is 15.4. The summed E-state index contributed by atoms with van der Waals surface area (Å²) < 4.78 is 119. The molecule has 2 saturated heterocycles. The highest BCUT2D eigenvalue weighted by molar-refractivity contribution is 7.93. The Morgan fingerprint density at radius 1 is 1.03 bits per heavy atom. The van der Waals surface area contributed by atoms with Crippen molar-refractivity contribution < 1.29 is 38.4 Å². The van der Waals surface area contributed by atoms with Crippen molar-refractivity contribution in [1.82, 2.24) is 14.0 Å². The fraction of sp³-hybridized carbons (Fsp3) is 0.500. The maximum Gasteiger partial charge on any atom is 0.511 e. The fourth-order valence-corrected chi connectivity index (χ4v) is 10.1. The third-order valence-electron chi connectivity index (χ3n) is 7.25. The van der Waals surface area contributed by atoms with Crippen molar-refractivity contribution in [1.29, 1.82) is 0 Å². The Balaban J connectivity index is 1.69. The van der Waals surface area contributed by atoms with Crippen LogP contribution in [-0.2, 0) is 29.9 Å². The quantitative estimate of drug-likeness (QED) is 0.479. The first-order valence-electron chi connectivity index (χ1n) is 11.6. The maximum atomic E-state index is 13.9. The van der Waals surface area contributed by atoms with E-state index in [1.54, 1.807) is 11.6 Å². The summed E-state index contributed by atoms with van der Waals surface area (Å²) in [7, 11) is -14.4. The third-order valence-corrected chi connectivity index (χ3v) is 12.5. The second-order valence-electron chi connectivity index (χ2n) is 9.51. The van der Waals surface area contributed by atoms with Crippen molar-refractivity contribution in [3.63, 3.8) is 0 Å². The average Bonchev–Trinajstić information content (AvgIpc) is 3.15. The van der Waals surface area contributed by atoms with E-state index in [-0.39, 0.29) is 22.9 Å². The number of nitrogens with zero attached hydrogens (tertiary/aromatic N) is 2. The molecule has 210 valence electrons. The van der Waals surface area contributed by atoms with Crippen molar-refractivity contribution >= 4 is 41.5 Å². The number of hydrogen-bond donors (Lipinski definition) is 1. The number of benzene rings is 1. The minimum absolute atomic E-state index is 0.00187. The summed E-state index contributed by atoms with van der Waals surface area (Å²) in [6.07, 6.45) is 2.58. The molecule has 38 heavy (non-hydrogen) atoms. The third kappa shape index (κ3) is 5.20. The monoisotopic (exact) mass is 615 g/mol. The lowest BCUT2D eigenvalue weighted by molar-refractivity contribution is -0.0452. The molecule has 4 rings (SSSR count). The molecule has 0 amide bonds. The molecule has 2 unspecified atom stereocenters. The molecule has 16 heteroatoms. The smallest absolute Gasteiger partial charge is 0.244 e. The molecule has 2 fully saturated rings. The maximum absolute atomic E-state index is 13.9. The molecule has 1 N–H and O–H groups in total. The number of piperidine rings is 1. The minimum Gasteiger partial charge on any atom is -0.244 e. The van der Waals surface area contributed by atoms with Crippen LogP contribution in [0.25, 0.3) is 0 Å². The van der Waals surface area contributed by atoms with Crippen molar-refractivity contribution in [3.05, 3.63) is 47.6 Å². The van der Waals surface area contributed by atoms with Crippen molar-refractivity contribution in [3.8, 4) is 0 Å². The van der Waals surface area contributed by atoms with Crippen LogP contribution >= 0.6 is 11.6 Å². The minimum atomic E-state index is -5.56. The van der Waals surface area contributed by atoms with Gasteiger partial charge in [0.05, 0.1) is 4.90 Å². The van der Waals surface area contributed by atoms with Crippen molar-refractivity contribution in [2.24, 2.45) is 5.41 Å². The summed E-state index contributed by atoms with van der Waals surface area (Å²) in [5.41, 5.74) is -6.37. The summed E-state index contributed by atoms with van der Waals surface area (Å²) in [5, 5.41) is -0.357. The normalized spacial score (nSPS) is 25.0. The lowest BCUT2D eigenvalue weighted by atomic mass is 9.74. The highest BCUT2D eigenvalue weighted by Crippen LogP contribution is 2.50. The number of nitrogens with one attached hydrogen (secondary N) is 1. The zero-order chi connectivity index (χ0) is 28.1. The van der Waals surface area contributed by atoms with Gasteiger partial charge in [0.15, 0.2) is 5.03 Å². The second kappa shape index (κ2) is 10.0. The zero-order valence-corrected chi connectivity index (χ0v) is 23.2. The summed E-state index contributed by atoms with van der Waals surface area (Å²) in [4.78, 5) is 2.83. The molecule has 2 atom stereocenters. The molecule has 2 aliphatic heterocycles. The average molecular weight is 616 g/mol. The van der Waals surface area contributed by atoms with Gasteiger partial charge in [-0.3, -0.25) is 0 Å². The SMILES string of the molecule is CCC1(CNS(=O)(=O)C(F)(F)F)CC2CCC(C1)N2S(=O)(=O)c1ccc(Cl)cc1S(=O)(=O)c1ccccn1. The van der Waals surface area contributed by atoms with Gasteiger partial charge in [-0.1, -0.05) is 24.6 Å². The molecule has 3 heterocycles. The highest BCUT2D eigenvalue weighted by atomic mass is 35.5. The predicted octanol–water partition coefficient (Wildman–Crippen LogP) is 3.72. The van der Waals surface area contributed by atoms with Gasteiger partial charge < -0.3 is 0 Å². The van der Waals surface area contributed by atoms with Gasteiger partial charge in [0.25, 0.3) is 0 Å². The van der Waals surface area contributed by atoms with Crippen LogP contribution < -0.4 is 4.72 Å². The molecule has 2 aromatic rings. The molecule has 2 aliphatic rings. The molecule has 9 nitrogen and oxygen atoms in total. The van der Waals surface area contributed by atoms with Crippen molar-refractivity contribution in [2.45, 2.75) is 71.4 Å². The Labute approximate surface area is 224 Å². The van der Waals surface area contributed by atoms with E-state index in [1.165, 1.54) is 34.8 Å². The molecule has 2 bridgehead atoms. The van der Waals surface area contributed by atoms with Gasteiger partial charge in [-0.25, -0.2) is 35.0 Å². The molecule has 0 radical (unpaired) electrons. The molecular formula is C22H25ClF3N3O6S3. The van der Waals surface area contributed by atoms with Gasteiger partial charge in [0.2, 0.25) is 19.9 Å².